The van der Waals surface area contributed by atoms with Gasteiger partial charge in [0.1, 0.15) is 0 Å². The highest BCUT2D eigenvalue weighted by Gasteiger charge is 2.32. The van der Waals surface area contributed by atoms with Crippen LogP contribution in [0.2, 0.25) is 0 Å². The molecule has 1 aromatic carbocycles. The Morgan fingerprint density at radius 2 is 1.71 bits per heavy atom. The molecule has 1 saturated heterocycles. The van der Waals surface area contributed by atoms with Gasteiger partial charge in [-0.2, -0.15) is 4.31 Å². The van der Waals surface area contributed by atoms with Crippen LogP contribution in [-0.4, -0.2) is 71.1 Å². The number of rotatable bonds is 7. The highest BCUT2D eigenvalue weighted by molar-refractivity contribution is 7.89. The molecule has 28 heavy (non-hydrogen) atoms. The van der Waals surface area contributed by atoms with E-state index in [2.05, 4.69) is 33.3 Å². The van der Waals surface area contributed by atoms with Gasteiger partial charge in [-0.1, -0.05) is 13.8 Å². The van der Waals surface area contributed by atoms with Crippen molar-refractivity contribution in [2.45, 2.75) is 44.8 Å². The Morgan fingerprint density at radius 1 is 1.18 bits per heavy atom. The molecular weight excluding hydrogens is 378 g/mol. The second-order valence-corrected chi connectivity index (χ2v) is 10.8. The van der Waals surface area contributed by atoms with Crippen molar-refractivity contribution >= 4 is 15.9 Å². The zero-order chi connectivity index (χ0) is 21.1. The highest BCUT2D eigenvalue weighted by atomic mass is 32.2. The minimum Gasteiger partial charge on any atom is -0.373 e. The van der Waals surface area contributed by atoms with E-state index < -0.39 is 10.0 Å². The number of carbonyl (C=O) groups is 1. The molecule has 2 atom stereocenters. The summed E-state index contributed by atoms with van der Waals surface area (Å²) < 4.78 is 32.8. The monoisotopic (exact) mass is 412 g/mol. The smallest absolute Gasteiger partial charge is 0.251 e. The maximum atomic E-state index is 12.9. The van der Waals surface area contributed by atoms with Crippen molar-refractivity contribution in [2.24, 2.45) is 5.41 Å². The van der Waals surface area contributed by atoms with Crippen LogP contribution < -0.4 is 10.2 Å². The molecule has 1 aromatic rings. The quantitative estimate of drug-likeness (QED) is 0.679. The third-order valence-corrected chi connectivity index (χ3v) is 6.55. The molecule has 2 rings (SSSR count). The van der Waals surface area contributed by atoms with Gasteiger partial charge in [0.2, 0.25) is 10.0 Å². The van der Waals surface area contributed by atoms with Crippen LogP contribution in [0.3, 0.4) is 0 Å². The summed E-state index contributed by atoms with van der Waals surface area (Å²) in [7, 11) is 0.564. The summed E-state index contributed by atoms with van der Waals surface area (Å²) >= 11 is 0. The molecule has 1 heterocycles. The van der Waals surface area contributed by atoms with Crippen molar-refractivity contribution in [2.75, 3.05) is 40.3 Å². The van der Waals surface area contributed by atoms with Gasteiger partial charge in [-0.15, -0.1) is 0 Å². The van der Waals surface area contributed by atoms with Crippen molar-refractivity contribution in [3.8, 4) is 0 Å². The molecule has 0 spiro atoms. The first kappa shape index (κ1) is 22.8. The molecule has 0 bridgehead atoms. The summed E-state index contributed by atoms with van der Waals surface area (Å²) in [5.74, 6) is -0.195. The molecule has 0 saturated carbocycles. The average Bonchev–Trinajstić information content (AvgIpc) is 2.58. The molecule has 1 aliphatic rings. The first-order chi connectivity index (χ1) is 12.9. The first-order valence-corrected chi connectivity index (χ1v) is 11.2. The predicted octanol–water partition coefficient (Wildman–Crippen LogP) is 0.385. The number of amides is 1. The number of hydrogen-bond donors (Lipinski definition) is 2. The lowest BCUT2D eigenvalue weighted by atomic mass is 9.93. The Balaban J connectivity index is 2.05. The van der Waals surface area contributed by atoms with Gasteiger partial charge >= 0.3 is 0 Å². The SMILES string of the molecule is C[C@@H]1CN(S(=O)(=O)c2ccc(C(=O)NCC(C)(C)C[NH+](C)C)cc2)C[C@@H](C)O1. The number of carbonyl (C=O) groups excluding carboxylic acids is 1. The summed E-state index contributed by atoms with van der Waals surface area (Å²) in [5.41, 5.74) is 0.428. The van der Waals surface area contributed by atoms with Gasteiger partial charge < -0.3 is 15.0 Å². The van der Waals surface area contributed by atoms with E-state index in [0.717, 1.165) is 6.54 Å². The van der Waals surface area contributed by atoms with Crippen LogP contribution in [0.25, 0.3) is 0 Å². The van der Waals surface area contributed by atoms with E-state index in [1.54, 1.807) is 12.1 Å². The highest BCUT2D eigenvalue weighted by Crippen LogP contribution is 2.21. The van der Waals surface area contributed by atoms with Crippen LogP contribution in [0.5, 0.6) is 0 Å². The molecular formula is C20H34N3O4S+. The van der Waals surface area contributed by atoms with Crippen LogP contribution in [0, 0.1) is 5.41 Å². The molecule has 1 fully saturated rings. The van der Waals surface area contributed by atoms with Crippen LogP contribution in [-0.2, 0) is 14.8 Å². The number of nitrogens with zero attached hydrogens (tertiary/aromatic N) is 1. The topological polar surface area (TPSA) is 80.2 Å². The lowest BCUT2D eigenvalue weighted by Gasteiger charge is -2.34. The van der Waals surface area contributed by atoms with Gasteiger partial charge in [0, 0.05) is 30.6 Å². The van der Waals surface area contributed by atoms with E-state index in [9.17, 15) is 13.2 Å². The van der Waals surface area contributed by atoms with E-state index in [-0.39, 0.29) is 28.4 Å². The minimum atomic E-state index is -3.60. The summed E-state index contributed by atoms with van der Waals surface area (Å²) in [5, 5.41) is 2.95. The van der Waals surface area contributed by atoms with Crippen molar-refractivity contribution in [3.05, 3.63) is 29.8 Å². The Kier molecular flexibility index (Phi) is 7.25. The van der Waals surface area contributed by atoms with Crippen molar-refractivity contribution in [1.29, 1.82) is 0 Å². The predicted molar refractivity (Wildman–Crippen MR) is 109 cm³/mol. The largest absolute Gasteiger partial charge is 0.373 e. The number of benzene rings is 1. The van der Waals surface area contributed by atoms with Crippen LogP contribution in [0.15, 0.2) is 29.2 Å². The molecule has 2 N–H and O–H groups in total. The van der Waals surface area contributed by atoms with E-state index >= 15 is 0 Å². The van der Waals surface area contributed by atoms with E-state index in [0.29, 0.717) is 25.2 Å². The number of hydrogen-bond acceptors (Lipinski definition) is 4. The molecule has 1 amide bonds. The van der Waals surface area contributed by atoms with Gasteiger partial charge in [-0.3, -0.25) is 4.79 Å². The fourth-order valence-electron chi connectivity index (χ4n) is 3.70. The Labute approximate surface area is 169 Å². The normalized spacial score (nSPS) is 21.7. The van der Waals surface area contributed by atoms with Crippen LogP contribution in [0.4, 0.5) is 0 Å². The Morgan fingerprint density at radius 3 is 2.21 bits per heavy atom. The second kappa shape index (κ2) is 8.90. The molecule has 0 aliphatic carbocycles. The molecule has 1 aliphatic heterocycles. The van der Waals surface area contributed by atoms with E-state index in [1.165, 1.54) is 21.3 Å². The lowest BCUT2D eigenvalue weighted by Crippen LogP contribution is -3.07. The zero-order valence-corrected chi connectivity index (χ0v) is 18.6. The molecule has 0 unspecified atom stereocenters. The molecule has 0 radical (unpaired) electrons. The van der Waals surface area contributed by atoms with Gasteiger partial charge in [-0.25, -0.2) is 8.42 Å². The molecule has 8 heteroatoms. The standard InChI is InChI=1S/C20H33N3O4S/c1-15-11-23(12-16(2)27-15)28(25,26)18-9-7-17(8-10-18)19(24)21-13-20(3,4)14-22(5)6/h7-10,15-16H,11-14H2,1-6H3,(H,21,24)/p+1/t15-,16-/m1/s1. The van der Waals surface area contributed by atoms with Crippen LogP contribution >= 0.6 is 0 Å². The average molecular weight is 413 g/mol. The summed E-state index contributed by atoms with van der Waals surface area (Å²) in [6.45, 7) is 10.1. The van der Waals surface area contributed by atoms with Crippen molar-refractivity contribution in [3.63, 3.8) is 0 Å². The van der Waals surface area contributed by atoms with Crippen LogP contribution in [0.1, 0.15) is 38.1 Å². The number of nitrogens with one attached hydrogen (secondary N) is 2. The minimum absolute atomic E-state index is 0.0263. The van der Waals surface area contributed by atoms with Gasteiger partial charge in [0.05, 0.1) is 37.7 Å². The fraction of sp³-hybridized carbons (Fsp3) is 0.650. The third-order valence-electron chi connectivity index (χ3n) is 4.70. The number of ether oxygens (including phenoxy) is 1. The maximum absolute atomic E-state index is 12.9. The van der Waals surface area contributed by atoms with Gasteiger partial charge in [-0.05, 0) is 38.1 Å². The Hall–Kier alpha value is -1.48. The number of morpholine rings is 1. The summed E-state index contributed by atoms with van der Waals surface area (Å²) in [6, 6.07) is 6.15. The van der Waals surface area contributed by atoms with E-state index in [4.69, 9.17) is 4.74 Å². The second-order valence-electron chi connectivity index (χ2n) is 8.83. The van der Waals surface area contributed by atoms with E-state index in [1.807, 2.05) is 13.8 Å². The number of sulfonamides is 1. The number of quaternary nitrogens is 1. The van der Waals surface area contributed by atoms with Crippen molar-refractivity contribution < 1.29 is 22.8 Å². The first-order valence-electron chi connectivity index (χ1n) is 9.73. The third kappa shape index (κ3) is 6.01. The van der Waals surface area contributed by atoms with Gasteiger partial charge in [0.15, 0.2) is 0 Å². The Bertz CT molecular complexity index is 765. The molecule has 158 valence electrons. The summed E-state index contributed by atoms with van der Waals surface area (Å²) in [4.78, 5) is 13.9. The lowest BCUT2D eigenvalue weighted by molar-refractivity contribution is -0.865. The zero-order valence-electron chi connectivity index (χ0n) is 17.8. The van der Waals surface area contributed by atoms with Gasteiger partial charge in [0.25, 0.3) is 5.91 Å². The maximum Gasteiger partial charge on any atom is 0.251 e. The molecule has 7 nitrogen and oxygen atoms in total. The molecule has 0 aromatic heterocycles. The fourth-order valence-corrected chi connectivity index (χ4v) is 5.29. The van der Waals surface area contributed by atoms with Crippen molar-refractivity contribution in [1.82, 2.24) is 9.62 Å². The summed E-state index contributed by atoms with van der Waals surface area (Å²) in [6.07, 6.45) is -0.285.